The van der Waals surface area contributed by atoms with Crippen molar-refractivity contribution in [3.63, 3.8) is 0 Å². The Hall–Kier alpha value is -1.55. The van der Waals surface area contributed by atoms with E-state index < -0.39 is 17.9 Å². The second-order valence-electron chi connectivity index (χ2n) is 4.15. The SMILES string of the molecule is CN1C(=O)C[C@H](C(=O)O)[C@@H]1c1ccc(Cl)cc1. The van der Waals surface area contributed by atoms with Crippen LogP contribution in [0.25, 0.3) is 0 Å². The van der Waals surface area contributed by atoms with Gasteiger partial charge in [0.25, 0.3) is 0 Å². The van der Waals surface area contributed by atoms with Gasteiger partial charge in [-0.15, -0.1) is 0 Å². The number of rotatable bonds is 2. The highest BCUT2D eigenvalue weighted by Gasteiger charge is 2.42. The largest absolute Gasteiger partial charge is 0.481 e. The Morgan fingerprint density at radius 1 is 1.41 bits per heavy atom. The van der Waals surface area contributed by atoms with E-state index in [0.29, 0.717) is 5.02 Å². The molecule has 1 aliphatic rings. The summed E-state index contributed by atoms with van der Waals surface area (Å²) in [4.78, 5) is 24.2. The van der Waals surface area contributed by atoms with Crippen LogP contribution in [0.1, 0.15) is 18.0 Å². The molecule has 0 saturated carbocycles. The Morgan fingerprint density at radius 3 is 2.53 bits per heavy atom. The van der Waals surface area contributed by atoms with Crippen LogP contribution in [0.2, 0.25) is 5.02 Å². The number of carboxylic acids is 1. The van der Waals surface area contributed by atoms with E-state index >= 15 is 0 Å². The van der Waals surface area contributed by atoms with Crippen LogP contribution in [0, 0.1) is 5.92 Å². The van der Waals surface area contributed by atoms with E-state index in [0.717, 1.165) is 5.56 Å². The molecule has 0 bridgehead atoms. The fourth-order valence-corrected chi connectivity index (χ4v) is 2.33. The number of hydrogen-bond acceptors (Lipinski definition) is 2. The molecule has 2 rings (SSSR count). The smallest absolute Gasteiger partial charge is 0.309 e. The van der Waals surface area contributed by atoms with E-state index in [1.807, 2.05) is 0 Å². The predicted octanol–water partition coefficient (Wildman–Crippen LogP) is 1.94. The number of aliphatic carboxylic acids is 1. The standard InChI is InChI=1S/C12H12ClNO3/c1-14-10(15)6-9(12(16)17)11(14)7-2-4-8(13)5-3-7/h2-5,9,11H,6H2,1H3,(H,16,17)/t9-,11-/m0/s1. The molecule has 1 aromatic carbocycles. The van der Waals surface area contributed by atoms with Gasteiger partial charge in [0.1, 0.15) is 0 Å². The van der Waals surface area contributed by atoms with Crippen LogP contribution in [0.3, 0.4) is 0 Å². The summed E-state index contributed by atoms with van der Waals surface area (Å²) in [5.74, 6) is -1.77. The van der Waals surface area contributed by atoms with E-state index in [1.54, 1.807) is 31.3 Å². The third kappa shape index (κ3) is 2.13. The first-order chi connectivity index (χ1) is 8.00. The van der Waals surface area contributed by atoms with Crippen LogP contribution in [0.15, 0.2) is 24.3 Å². The first kappa shape index (κ1) is 11.9. The van der Waals surface area contributed by atoms with Gasteiger partial charge in [-0.1, -0.05) is 23.7 Å². The van der Waals surface area contributed by atoms with Gasteiger partial charge in [0.05, 0.1) is 12.0 Å². The third-order valence-corrected chi connectivity index (χ3v) is 3.37. The molecule has 17 heavy (non-hydrogen) atoms. The Bertz CT molecular complexity index is 457. The van der Waals surface area contributed by atoms with Crippen molar-refractivity contribution in [2.75, 3.05) is 7.05 Å². The Morgan fingerprint density at radius 2 is 2.00 bits per heavy atom. The molecule has 1 heterocycles. The number of nitrogens with zero attached hydrogens (tertiary/aromatic N) is 1. The zero-order valence-corrected chi connectivity index (χ0v) is 10.0. The lowest BCUT2D eigenvalue weighted by atomic mass is 9.94. The van der Waals surface area contributed by atoms with E-state index in [4.69, 9.17) is 16.7 Å². The van der Waals surface area contributed by atoms with E-state index in [1.165, 1.54) is 4.90 Å². The van der Waals surface area contributed by atoms with Gasteiger partial charge in [0.15, 0.2) is 0 Å². The van der Waals surface area contributed by atoms with E-state index in [9.17, 15) is 9.59 Å². The molecule has 0 unspecified atom stereocenters. The van der Waals surface area contributed by atoms with Crippen molar-refractivity contribution >= 4 is 23.5 Å². The topological polar surface area (TPSA) is 57.6 Å². The van der Waals surface area contributed by atoms with Gasteiger partial charge in [-0.3, -0.25) is 9.59 Å². The van der Waals surface area contributed by atoms with Gasteiger partial charge in [-0.25, -0.2) is 0 Å². The van der Waals surface area contributed by atoms with Crippen LogP contribution >= 0.6 is 11.6 Å². The normalized spacial score (nSPS) is 24.1. The van der Waals surface area contributed by atoms with Crippen LogP contribution in [0.5, 0.6) is 0 Å². The fourth-order valence-electron chi connectivity index (χ4n) is 2.21. The monoisotopic (exact) mass is 253 g/mol. The molecule has 0 spiro atoms. The average molecular weight is 254 g/mol. The molecule has 1 N–H and O–H groups in total. The molecule has 90 valence electrons. The molecule has 0 radical (unpaired) electrons. The maximum atomic E-state index is 11.6. The summed E-state index contributed by atoms with van der Waals surface area (Å²) in [5.41, 5.74) is 0.801. The van der Waals surface area contributed by atoms with Gasteiger partial charge in [0.2, 0.25) is 5.91 Å². The number of benzene rings is 1. The summed E-state index contributed by atoms with van der Waals surface area (Å²) in [6.45, 7) is 0. The quantitative estimate of drug-likeness (QED) is 0.876. The zero-order valence-electron chi connectivity index (χ0n) is 9.26. The molecule has 4 nitrogen and oxygen atoms in total. The summed E-state index contributed by atoms with van der Waals surface area (Å²) in [5, 5.41) is 9.72. The van der Waals surface area contributed by atoms with Crippen molar-refractivity contribution in [1.82, 2.24) is 4.90 Å². The van der Waals surface area contributed by atoms with Crippen molar-refractivity contribution in [3.05, 3.63) is 34.9 Å². The van der Waals surface area contributed by atoms with Gasteiger partial charge in [-0.05, 0) is 17.7 Å². The second kappa shape index (κ2) is 4.37. The van der Waals surface area contributed by atoms with Crippen LogP contribution in [-0.4, -0.2) is 28.9 Å². The first-order valence-electron chi connectivity index (χ1n) is 5.24. The summed E-state index contributed by atoms with van der Waals surface area (Å²) < 4.78 is 0. The molecule has 5 heteroatoms. The number of amides is 1. The number of halogens is 1. The second-order valence-corrected chi connectivity index (χ2v) is 4.59. The van der Waals surface area contributed by atoms with Crippen molar-refractivity contribution < 1.29 is 14.7 Å². The average Bonchev–Trinajstić information content (AvgIpc) is 2.57. The molecule has 1 amide bonds. The maximum absolute atomic E-state index is 11.6. The van der Waals surface area contributed by atoms with Crippen molar-refractivity contribution in [1.29, 1.82) is 0 Å². The molecular weight excluding hydrogens is 242 g/mol. The molecule has 0 aromatic heterocycles. The lowest BCUT2D eigenvalue weighted by Gasteiger charge is -2.23. The molecule has 2 atom stereocenters. The highest BCUT2D eigenvalue weighted by atomic mass is 35.5. The highest BCUT2D eigenvalue weighted by Crippen LogP contribution is 2.37. The Balaban J connectivity index is 2.37. The number of hydrogen-bond donors (Lipinski definition) is 1. The summed E-state index contributed by atoms with van der Waals surface area (Å²) in [6, 6.07) is 6.52. The van der Waals surface area contributed by atoms with Gasteiger partial charge < -0.3 is 10.0 Å². The minimum absolute atomic E-state index is 0.0547. The van der Waals surface area contributed by atoms with Crippen LogP contribution in [-0.2, 0) is 9.59 Å². The maximum Gasteiger partial charge on any atom is 0.309 e. The Labute approximate surface area is 104 Å². The van der Waals surface area contributed by atoms with Crippen LogP contribution in [0.4, 0.5) is 0 Å². The lowest BCUT2D eigenvalue weighted by molar-refractivity contribution is -0.142. The molecule has 1 aromatic rings. The minimum atomic E-state index is -0.942. The number of carbonyl (C=O) groups is 2. The van der Waals surface area contributed by atoms with E-state index in [-0.39, 0.29) is 12.3 Å². The number of carboxylic acid groups (broad SMARTS) is 1. The molecule has 1 saturated heterocycles. The predicted molar refractivity (Wildman–Crippen MR) is 62.7 cm³/mol. The van der Waals surface area contributed by atoms with Crippen LogP contribution < -0.4 is 0 Å². The number of likely N-dealkylation sites (tertiary alicyclic amines) is 1. The zero-order chi connectivity index (χ0) is 12.6. The highest BCUT2D eigenvalue weighted by molar-refractivity contribution is 6.30. The first-order valence-corrected chi connectivity index (χ1v) is 5.62. The fraction of sp³-hybridized carbons (Fsp3) is 0.333. The van der Waals surface area contributed by atoms with Gasteiger partial charge in [0, 0.05) is 18.5 Å². The molecule has 0 aliphatic carbocycles. The summed E-state index contributed by atoms with van der Waals surface area (Å²) in [7, 11) is 1.63. The van der Waals surface area contributed by atoms with Crippen molar-refractivity contribution in [2.45, 2.75) is 12.5 Å². The molecule has 1 fully saturated rings. The Kier molecular flexibility index (Phi) is 3.07. The van der Waals surface area contributed by atoms with Crippen molar-refractivity contribution in [2.24, 2.45) is 5.92 Å². The van der Waals surface area contributed by atoms with Gasteiger partial charge >= 0.3 is 5.97 Å². The third-order valence-electron chi connectivity index (χ3n) is 3.12. The molecule has 1 aliphatic heterocycles. The minimum Gasteiger partial charge on any atom is -0.481 e. The molecular formula is C12H12ClNO3. The van der Waals surface area contributed by atoms with Gasteiger partial charge in [-0.2, -0.15) is 0 Å². The lowest BCUT2D eigenvalue weighted by Crippen LogP contribution is -2.26. The summed E-state index contributed by atoms with van der Waals surface area (Å²) >= 11 is 5.79. The van der Waals surface area contributed by atoms with E-state index in [2.05, 4.69) is 0 Å². The number of carbonyl (C=O) groups excluding carboxylic acids is 1. The summed E-state index contributed by atoms with van der Waals surface area (Å²) in [6.07, 6.45) is 0.0547. The van der Waals surface area contributed by atoms with Crippen molar-refractivity contribution in [3.8, 4) is 0 Å².